The summed E-state index contributed by atoms with van der Waals surface area (Å²) in [6.07, 6.45) is 0.932. The number of nitrogens with one attached hydrogen (secondary N) is 2. The highest BCUT2D eigenvalue weighted by Gasteiger charge is 2.25. The molecule has 0 bridgehead atoms. The van der Waals surface area contributed by atoms with Crippen LogP contribution >= 0.6 is 0 Å². The number of ether oxygens (including phenoxy) is 1. The SMILES string of the molecule is CCOC(=O)N1CCC(NC(=O)c2cc(-c3ccc(C)c(C)c3)nc(=O)[nH]2)CC1. The molecular formula is C21H26N4O4. The minimum atomic E-state index is -0.567. The molecule has 2 aromatic rings. The summed E-state index contributed by atoms with van der Waals surface area (Å²) in [4.78, 5) is 44.6. The molecule has 0 unspecified atom stereocenters. The first kappa shape index (κ1) is 20.6. The Morgan fingerprint density at radius 2 is 1.93 bits per heavy atom. The molecule has 8 nitrogen and oxygen atoms in total. The number of rotatable bonds is 4. The van der Waals surface area contributed by atoms with E-state index in [1.807, 2.05) is 32.0 Å². The lowest BCUT2D eigenvalue weighted by atomic mass is 10.0. The van der Waals surface area contributed by atoms with E-state index in [0.717, 1.165) is 16.7 Å². The molecule has 0 radical (unpaired) electrons. The molecule has 0 aliphatic carbocycles. The van der Waals surface area contributed by atoms with Crippen LogP contribution in [0.15, 0.2) is 29.1 Å². The van der Waals surface area contributed by atoms with Crippen molar-refractivity contribution < 1.29 is 14.3 Å². The highest BCUT2D eigenvalue weighted by Crippen LogP contribution is 2.20. The third-order valence-corrected chi connectivity index (χ3v) is 5.15. The minimum Gasteiger partial charge on any atom is -0.450 e. The van der Waals surface area contributed by atoms with Crippen molar-refractivity contribution in [2.24, 2.45) is 0 Å². The first-order valence-corrected chi connectivity index (χ1v) is 9.79. The van der Waals surface area contributed by atoms with Gasteiger partial charge < -0.3 is 19.9 Å². The van der Waals surface area contributed by atoms with Crippen LogP contribution in [-0.4, -0.2) is 52.6 Å². The van der Waals surface area contributed by atoms with Gasteiger partial charge in [0.2, 0.25) is 0 Å². The van der Waals surface area contributed by atoms with Gasteiger partial charge in [-0.25, -0.2) is 9.59 Å². The van der Waals surface area contributed by atoms with E-state index in [2.05, 4.69) is 15.3 Å². The largest absolute Gasteiger partial charge is 0.450 e. The maximum Gasteiger partial charge on any atom is 0.409 e. The summed E-state index contributed by atoms with van der Waals surface area (Å²) in [7, 11) is 0. The van der Waals surface area contributed by atoms with Gasteiger partial charge in [0.05, 0.1) is 12.3 Å². The number of piperidine rings is 1. The monoisotopic (exact) mass is 398 g/mol. The van der Waals surface area contributed by atoms with Crippen LogP contribution in [0.2, 0.25) is 0 Å². The first-order chi connectivity index (χ1) is 13.9. The van der Waals surface area contributed by atoms with Crippen molar-refractivity contribution >= 4 is 12.0 Å². The summed E-state index contributed by atoms with van der Waals surface area (Å²) in [6.45, 7) is 7.15. The molecule has 0 spiro atoms. The van der Waals surface area contributed by atoms with Crippen LogP contribution in [-0.2, 0) is 4.74 Å². The number of H-pyrrole nitrogens is 1. The van der Waals surface area contributed by atoms with E-state index < -0.39 is 5.69 Å². The van der Waals surface area contributed by atoms with Gasteiger partial charge in [-0.3, -0.25) is 4.79 Å². The molecule has 1 aromatic heterocycles. The Morgan fingerprint density at radius 1 is 1.21 bits per heavy atom. The highest BCUT2D eigenvalue weighted by molar-refractivity contribution is 5.93. The van der Waals surface area contributed by atoms with Gasteiger partial charge in [-0.15, -0.1) is 0 Å². The fraction of sp³-hybridized carbons (Fsp3) is 0.429. The van der Waals surface area contributed by atoms with Crippen molar-refractivity contribution in [2.75, 3.05) is 19.7 Å². The highest BCUT2D eigenvalue weighted by atomic mass is 16.6. The van der Waals surface area contributed by atoms with Crippen LogP contribution in [0.25, 0.3) is 11.3 Å². The number of aryl methyl sites for hydroxylation is 2. The number of benzene rings is 1. The lowest BCUT2D eigenvalue weighted by Gasteiger charge is -2.31. The van der Waals surface area contributed by atoms with Crippen molar-refractivity contribution in [3.63, 3.8) is 0 Å². The second-order valence-electron chi connectivity index (χ2n) is 7.22. The van der Waals surface area contributed by atoms with Gasteiger partial charge in [-0.05, 0) is 56.9 Å². The molecule has 29 heavy (non-hydrogen) atoms. The number of carbonyl (C=O) groups excluding carboxylic acids is 2. The standard InChI is InChI=1S/C21H26N4O4/c1-4-29-21(28)25-9-7-16(8-10-25)22-19(26)18-12-17(23-20(27)24-18)15-6-5-13(2)14(3)11-15/h5-6,11-12,16H,4,7-10H2,1-3H3,(H,22,26)(H,23,24,27). The van der Waals surface area contributed by atoms with Crippen LogP contribution in [0.1, 0.15) is 41.4 Å². The van der Waals surface area contributed by atoms with E-state index in [9.17, 15) is 14.4 Å². The predicted molar refractivity (Wildman–Crippen MR) is 109 cm³/mol. The lowest BCUT2D eigenvalue weighted by Crippen LogP contribution is -2.47. The number of carbonyl (C=O) groups is 2. The maximum atomic E-state index is 12.7. The van der Waals surface area contributed by atoms with Crippen molar-refractivity contribution in [1.82, 2.24) is 20.2 Å². The molecule has 1 aliphatic heterocycles. The number of aromatic amines is 1. The smallest absolute Gasteiger partial charge is 0.409 e. The average molecular weight is 398 g/mol. The van der Waals surface area contributed by atoms with E-state index >= 15 is 0 Å². The molecule has 0 atom stereocenters. The minimum absolute atomic E-state index is 0.0742. The molecule has 3 rings (SSSR count). The molecular weight excluding hydrogens is 372 g/mol. The lowest BCUT2D eigenvalue weighted by molar-refractivity contribution is 0.0856. The van der Waals surface area contributed by atoms with Crippen molar-refractivity contribution in [3.05, 3.63) is 51.6 Å². The van der Waals surface area contributed by atoms with Gasteiger partial charge in [-0.1, -0.05) is 12.1 Å². The van der Waals surface area contributed by atoms with Crippen LogP contribution in [0.5, 0.6) is 0 Å². The molecule has 2 heterocycles. The number of aromatic nitrogens is 2. The Balaban J connectivity index is 1.69. The summed E-state index contributed by atoms with van der Waals surface area (Å²) < 4.78 is 5.00. The molecule has 1 fully saturated rings. The Morgan fingerprint density at radius 3 is 2.59 bits per heavy atom. The zero-order chi connectivity index (χ0) is 21.0. The fourth-order valence-corrected chi connectivity index (χ4v) is 3.31. The molecule has 0 saturated carbocycles. The molecule has 2 N–H and O–H groups in total. The van der Waals surface area contributed by atoms with Gasteiger partial charge in [0.15, 0.2) is 0 Å². The third kappa shape index (κ3) is 5.01. The number of hydrogen-bond donors (Lipinski definition) is 2. The van der Waals surface area contributed by atoms with Gasteiger partial charge in [-0.2, -0.15) is 4.98 Å². The summed E-state index contributed by atoms with van der Waals surface area (Å²) in [5.74, 6) is -0.357. The van der Waals surface area contributed by atoms with E-state index in [1.54, 1.807) is 17.9 Å². The van der Waals surface area contributed by atoms with Crippen molar-refractivity contribution in [3.8, 4) is 11.3 Å². The topological polar surface area (TPSA) is 104 Å². The second-order valence-corrected chi connectivity index (χ2v) is 7.22. The number of nitrogens with zero attached hydrogens (tertiary/aromatic N) is 2. The van der Waals surface area contributed by atoms with E-state index in [4.69, 9.17) is 4.74 Å². The van der Waals surface area contributed by atoms with Crippen molar-refractivity contribution in [1.29, 1.82) is 0 Å². The maximum absolute atomic E-state index is 12.7. The number of hydrogen-bond acceptors (Lipinski definition) is 5. The van der Waals surface area contributed by atoms with Crippen molar-refractivity contribution in [2.45, 2.75) is 39.7 Å². The summed E-state index contributed by atoms with van der Waals surface area (Å²) >= 11 is 0. The molecule has 8 heteroatoms. The van der Waals surface area contributed by atoms with Gasteiger partial charge in [0.25, 0.3) is 5.91 Å². The third-order valence-electron chi connectivity index (χ3n) is 5.15. The normalized spacial score (nSPS) is 14.5. The van der Waals surface area contributed by atoms with Gasteiger partial charge >= 0.3 is 11.8 Å². The molecule has 1 aromatic carbocycles. The fourth-order valence-electron chi connectivity index (χ4n) is 3.31. The van der Waals surface area contributed by atoms with E-state index in [1.165, 1.54) is 0 Å². The zero-order valence-electron chi connectivity index (χ0n) is 16.9. The first-order valence-electron chi connectivity index (χ1n) is 9.79. The predicted octanol–water partition coefficient (Wildman–Crippen LogP) is 2.40. The Bertz CT molecular complexity index is 961. The van der Waals surface area contributed by atoms with Crippen LogP contribution in [0, 0.1) is 13.8 Å². The Kier molecular flexibility index (Phi) is 6.31. The zero-order valence-corrected chi connectivity index (χ0v) is 16.9. The summed E-state index contributed by atoms with van der Waals surface area (Å²) in [5.41, 5.74) is 3.08. The molecule has 154 valence electrons. The number of likely N-dealkylation sites (tertiary alicyclic amines) is 1. The molecule has 2 amide bonds. The molecule has 1 saturated heterocycles. The van der Waals surface area contributed by atoms with Crippen LogP contribution in [0.3, 0.4) is 0 Å². The Labute approximate surface area is 169 Å². The Hall–Kier alpha value is -3.16. The van der Waals surface area contributed by atoms with E-state index in [0.29, 0.717) is 38.2 Å². The average Bonchev–Trinajstić information content (AvgIpc) is 2.70. The molecule has 1 aliphatic rings. The summed E-state index contributed by atoms with van der Waals surface area (Å²) in [5, 5.41) is 2.94. The van der Waals surface area contributed by atoms with Gasteiger partial charge in [0, 0.05) is 24.7 Å². The number of amides is 2. The summed E-state index contributed by atoms with van der Waals surface area (Å²) in [6, 6.07) is 7.31. The van der Waals surface area contributed by atoms with E-state index in [-0.39, 0.29) is 23.7 Å². The van der Waals surface area contributed by atoms with Crippen LogP contribution in [0.4, 0.5) is 4.79 Å². The quantitative estimate of drug-likeness (QED) is 0.823. The second kappa shape index (κ2) is 8.89. The van der Waals surface area contributed by atoms with Crippen LogP contribution < -0.4 is 11.0 Å². The van der Waals surface area contributed by atoms with Gasteiger partial charge in [0.1, 0.15) is 5.69 Å².